The third-order valence-electron chi connectivity index (χ3n) is 2.48. The molecule has 0 amide bonds. The number of aromatic nitrogens is 2. The molecule has 0 aliphatic heterocycles. The predicted octanol–water partition coefficient (Wildman–Crippen LogP) is 0.564. The Kier molecular flexibility index (Phi) is 2.24. The molecule has 7 nitrogen and oxygen atoms in total. The fraction of sp³-hybridized carbons (Fsp3) is 0.100. The summed E-state index contributed by atoms with van der Waals surface area (Å²) in [5, 5.41) is 17.9. The molecule has 0 aliphatic carbocycles. The molecule has 0 unspecified atom stereocenters. The summed E-state index contributed by atoms with van der Waals surface area (Å²) in [5.74, 6) is -1.18. The smallest absolute Gasteiger partial charge is 0.431 e. The van der Waals surface area contributed by atoms with E-state index < -0.39 is 17.6 Å². The molecule has 0 saturated heterocycles. The van der Waals surface area contributed by atoms with Crippen molar-refractivity contribution in [3.05, 3.63) is 34.1 Å². The fourth-order valence-electron chi connectivity index (χ4n) is 1.68. The molecule has 2 N–H and O–H groups in total. The molecule has 7 heteroatoms. The standard InChI is InChI=1S/C10H8N2O5/c1-11-8(13)6-3-2-5(9(14)15)4-7(6)12(11)10(16)17/h2-4H,1H3,(H,14,15)(H,16,17). The maximum atomic E-state index is 11.7. The summed E-state index contributed by atoms with van der Waals surface area (Å²) in [6.07, 6.45) is -1.35. The van der Waals surface area contributed by atoms with E-state index in [4.69, 9.17) is 10.2 Å². The van der Waals surface area contributed by atoms with Gasteiger partial charge < -0.3 is 10.2 Å². The van der Waals surface area contributed by atoms with Crippen LogP contribution in [0, 0.1) is 0 Å². The molecule has 2 rings (SSSR count). The second-order valence-electron chi connectivity index (χ2n) is 3.46. The van der Waals surface area contributed by atoms with Gasteiger partial charge in [-0.2, -0.15) is 4.68 Å². The lowest BCUT2D eigenvalue weighted by molar-refractivity contribution is 0.0697. The van der Waals surface area contributed by atoms with Gasteiger partial charge in [0.1, 0.15) is 0 Å². The second-order valence-corrected chi connectivity index (χ2v) is 3.46. The largest absolute Gasteiger partial charge is 0.478 e. The normalized spacial score (nSPS) is 10.6. The summed E-state index contributed by atoms with van der Waals surface area (Å²) >= 11 is 0. The number of carbonyl (C=O) groups is 2. The van der Waals surface area contributed by atoms with E-state index in [-0.39, 0.29) is 16.5 Å². The van der Waals surface area contributed by atoms with Crippen LogP contribution in [0.25, 0.3) is 10.9 Å². The average Bonchev–Trinajstić information content (AvgIpc) is 2.51. The molecule has 0 bridgehead atoms. The van der Waals surface area contributed by atoms with Gasteiger partial charge in [0.05, 0.1) is 16.5 Å². The monoisotopic (exact) mass is 236 g/mol. The molecule has 0 radical (unpaired) electrons. The first-order chi connectivity index (χ1) is 7.93. The van der Waals surface area contributed by atoms with Gasteiger partial charge in [0, 0.05) is 7.05 Å². The van der Waals surface area contributed by atoms with Gasteiger partial charge in [-0.15, -0.1) is 0 Å². The van der Waals surface area contributed by atoms with Gasteiger partial charge >= 0.3 is 12.1 Å². The van der Waals surface area contributed by atoms with E-state index in [2.05, 4.69) is 0 Å². The lowest BCUT2D eigenvalue weighted by atomic mass is 10.2. The Morgan fingerprint density at radius 1 is 1.24 bits per heavy atom. The summed E-state index contributed by atoms with van der Waals surface area (Å²) in [7, 11) is 1.30. The van der Waals surface area contributed by atoms with Crippen LogP contribution in [-0.4, -0.2) is 31.6 Å². The SMILES string of the molecule is Cn1c(=O)c2ccc(C(=O)O)cc2n1C(=O)O. The zero-order chi connectivity index (χ0) is 12.7. The van der Waals surface area contributed by atoms with E-state index in [0.717, 1.165) is 10.7 Å². The molecule has 0 aliphatic rings. The number of hydrogen-bond acceptors (Lipinski definition) is 3. The van der Waals surface area contributed by atoms with E-state index >= 15 is 0 Å². The summed E-state index contributed by atoms with van der Waals surface area (Å²) in [6, 6.07) is 3.73. The minimum absolute atomic E-state index is 0.0601. The van der Waals surface area contributed by atoms with E-state index in [9.17, 15) is 14.4 Å². The van der Waals surface area contributed by atoms with Crippen molar-refractivity contribution in [2.75, 3.05) is 0 Å². The number of carboxylic acids is 1. The highest BCUT2D eigenvalue weighted by atomic mass is 16.4. The Balaban J connectivity index is 2.93. The first kappa shape index (κ1) is 10.9. The molecule has 0 saturated carbocycles. The summed E-state index contributed by atoms with van der Waals surface area (Å²) in [4.78, 5) is 33.4. The van der Waals surface area contributed by atoms with E-state index in [1.165, 1.54) is 19.2 Å². The molecule has 0 atom stereocenters. The van der Waals surface area contributed by atoms with Crippen molar-refractivity contribution in [2.24, 2.45) is 7.05 Å². The van der Waals surface area contributed by atoms with Gasteiger partial charge in [-0.3, -0.25) is 4.79 Å². The van der Waals surface area contributed by atoms with Crippen molar-refractivity contribution in [1.29, 1.82) is 0 Å². The third kappa shape index (κ3) is 1.48. The van der Waals surface area contributed by atoms with Crippen molar-refractivity contribution in [3.8, 4) is 0 Å². The minimum Gasteiger partial charge on any atom is -0.478 e. The second kappa shape index (κ2) is 3.48. The summed E-state index contributed by atoms with van der Waals surface area (Å²) < 4.78 is 1.63. The van der Waals surface area contributed by atoms with Crippen molar-refractivity contribution in [3.63, 3.8) is 0 Å². The highest BCUT2D eigenvalue weighted by molar-refractivity contribution is 5.95. The van der Waals surface area contributed by atoms with E-state index in [0.29, 0.717) is 4.68 Å². The summed E-state index contributed by atoms with van der Waals surface area (Å²) in [5.41, 5.74) is -0.498. The zero-order valence-corrected chi connectivity index (χ0v) is 8.75. The van der Waals surface area contributed by atoms with Gasteiger partial charge in [-0.1, -0.05) is 0 Å². The van der Waals surface area contributed by atoms with Crippen LogP contribution in [0.5, 0.6) is 0 Å². The van der Waals surface area contributed by atoms with Crippen molar-refractivity contribution in [1.82, 2.24) is 9.36 Å². The molecule has 1 heterocycles. The molecule has 1 aromatic carbocycles. The number of fused-ring (bicyclic) bond motifs is 1. The summed E-state index contributed by atoms with van der Waals surface area (Å²) in [6.45, 7) is 0. The average molecular weight is 236 g/mol. The van der Waals surface area contributed by atoms with Crippen molar-refractivity contribution >= 4 is 23.0 Å². The topological polar surface area (TPSA) is 102 Å². The number of aromatic carboxylic acids is 1. The first-order valence-electron chi connectivity index (χ1n) is 4.62. The number of benzene rings is 1. The lowest BCUT2D eigenvalue weighted by Crippen LogP contribution is -2.23. The van der Waals surface area contributed by atoms with Gasteiger partial charge in [0.2, 0.25) is 0 Å². The van der Waals surface area contributed by atoms with Gasteiger partial charge in [-0.05, 0) is 18.2 Å². The Labute approximate surface area is 94.1 Å². The Bertz CT molecular complexity index is 695. The molecular weight excluding hydrogens is 228 g/mol. The quantitative estimate of drug-likeness (QED) is 0.753. The Morgan fingerprint density at radius 2 is 1.88 bits per heavy atom. The molecule has 17 heavy (non-hydrogen) atoms. The van der Waals surface area contributed by atoms with Crippen LogP contribution in [0.3, 0.4) is 0 Å². The van der Waals surface area contributed by atoms with E-state index in [1.54, 1.807) is 0 Å². The number of rotatable bonds is 1. The molecule has 0 spiro atoms. The highest BCUT2D eigenvalue weighted by Crippen LogP contribution is 2.13. The third-order valence-corrected chi connectivity index (χ3v) is 2.48. The molecular formula is C10H8N2O5. The maximum absolute atomic E-state index is 11.7. The van der Waals surface area contributed by atoms with Gasteiger partial charge in [-0.25, -0.2) is 14.3 Å². The Hall–Kier alpha value is -2.57. The van der Waals surface area contributed by atoms with Crippen LogP contribution in [0.15, 0.2) is 23.0 Å². The molecule has 88 valence electrons. The fourth-order valence-corrected chi connectivity index (χ4v) is 1.68. The Morgan fingerprint density at radius 3 is 2.41 bits per heavy atom. The highest BCUT2D eigenvalue weighted by Gasteiger charge is 2.16. The maximum Gasteiger partial charge on any atom is 0.431 e. The number of nitrogens with zero attached hydrogens (tertiary/aromatic N) is 2. The molecule has 0 fully saturated rings. The number of carboxylic acid groups (broad SMARTS) is 2. The number of hydrogen-bond donors (Lipinski definition) is 2. The lowest BCUT2D eigenvalue weighted by Gasteiger charge is -2.01. The van der Waals surface area contributed by atoms with Crippen LogP contribution >= 0.6 is 0 Å². The van der Waals surface area contributed by atoms with E-state index in [1.807, 2.05) is 0 Å². The molecule has 1 aromatic heterocycles. The van der Waals surface area contributed by atoms with Crippen LogP contribution in [-0.2, 0) is 7.05 Å². The van der Waals surface area contributed by atoms with Gasteiger partial charge in [0.15, 0.2) is 0 Å². The molecule has 2 aromatic rings. The van der Waals surface area contributed by atoms with Crippen LogP contribution in [0.4, 0.5) is 4.79 Å². The van der Waals surface area contributed by atoms with Crippen LogP contribution in [0.1, 0.15) is 10.4 Å². The predicted molar refractivity (Wildman–Crippen MR) is 57.6 cm³/mol. The van der Waals surface area contributed by atoms with Crippen molar-refractivity contribution < 1.29 is 19.8 Å². The van der Waals surface area contributed by atoms with Crippen LogP contribution < -0.4 is 5.56 Å². The first-order valence-corrected chi connectivity index (χ1v) is 4.62. The van der Waals surface area contributed by atoms with Crippen LogP contribution in [0.2, 0.25) is 0 Å². The zero-order valence-electron chi connectivity index (χ0n) is 8.75. The van der Waals surface area contributed by atoms with Crippen molar-refractivity contribution in [2.45, 2.75) is 0 Å². The minimum atomic E-state index is -1.35. The van der Waals surface area contributed by atoms with Gasteiger partial charge in [0.25, 0.3) is 5.56 Å².